The molecule has 84 valence electrons. The van der Waals surface area contributed by atoms with Gasteiger partial charge in [-0.25, -0.2) is 0 Å². The second-order valence-corrected chi connectivity index (χ2v) is 4.03. The number of hydrogen-bond donors (Lipinski definition) is 1. The van der Waals surface area contributed by atoms with E-state index in [0.29, 0.717) is 6.04 Å². The highest BCUT2D eigenvalue weighted by atomic mass is 16.3. The van der Waals surface area contributed by atoms with E-state index in [1.54, 1.807) is 0 Å². The summed E-state index contributed by atoms with van der Waals surface area (Å²) in [6.07, 6.45) is 1.10. The van der Waals surface area contributed by atoms with Gasteiger partial charge in [0.1, 0.15) is 0 Å². The maximum Gasteiger partial charge on any atom is 0.0628 e. The fourth-order valence-corrected chi connectivity index (χ4v) is 1.74. The van der Waals surface area contributed by atoms with Crippen molar-refractivity contribution in [1.82, 2.24) is 4.90 Å². The summed E-state index contributed by atoms with van der Waals surface area (Å²) < 4.78 is 0. The molecule has 1 N–H and O–H groups in total. The molecule has 0 heterocycles. The van der Waals surface area contributed by atoms with Gasteiger partial charge in [-0.1, -0.05) is 37.3 Å². The molecule has 2 heteroatoms. The number of aliphatic hydroxyl groups is 1. The van der Waals surface area contributed by atoms with Gasteiger partial charge in [0, 0.05) is 6.04 Å². The molecule has 0 unspecified atom stereocenters. The van der Waals surface area contributed by atoms with Crippen molar-refractivity contribution in [2.75, 3.05) is 13.7 Å². The number of rotatable bonds is 5. The summed E-state index contributed by atoms with van der Waals surface area (Å²) in [6, 6.07) is 10.8. The van der Waals surface area contributed by atoms with Gasteiger partial charge in [0.05, 0.1) is 12.6 Å². The standard InChI is InChI=1S/C13H21NO/c1-4-11(2)14(3)13(10-15)12-8-6-5-7-9-12/h5-9,11,13,15H,4,10H2,1-3H3/t11-,13-/m0/s1. The number of nitrogens with zero attached hydrogens (tertiary/aromatic N) is 1. The average Bonchev–Trinajstić information content (AvgIpc) is 2.30. The van der Waals surface area contributed by atoms with E-state index >= 15 is 0 Å². The maximum atomic E-state index is 9.45. The molecule has 0 saturated carbocycles. The van der Waals surface area contributed by atoms with Crippen molar-refractivity contribution in [2.45, 2.75) is 32.4 Å². The average molecular weight is 207 g/mol. The lowest BCUT2D eigenvalue weighted by atomic mass is 10.0. The monoisotopic (exact) mass is 207 g/mol. The molecule has 1 rings (SSSR count). The molecule has 0 radical (unpaired) electrons. The molecule has 0 fully saturated rings. The molecule has 2 atom stereocenters. The lowest BCUT2D eigenvalue weighted by molar-refractivity contribution is 0.113. The van der Waals surface area contributed by atoms with E-state index in [9.17, 15) is 5.11 Å². The largest absolute Gasteiger partial charge is 0.394 e. The Morgan fingerprint density at radius 3 is 2.33 bits per heavy atom. The first-order valence-electron chi connectivity index (χ1n) is 5.58. The van der Waals surface area contributed by atoms with E-state index in [0.717, 1.165) is 6.42 Å². The Bertz CT molecular complexity index is 273. The predicted octanol–water partition coefficient (Wildman–Crippen LogP) is 2.45. The molecule has 15 heavy (non-hydrogen) atoms. The van der Waals surface area contributed by atoms with Gasteiger partial charge >= 0.3 is 0 Å². The third-order valence-corrected chi connectivity index (χ3v) is 3.13. The van der Waals surface area contributed by atoms with E-state index in [4.69, 9.17) is 0 Å². The summed E-state index contributed by atoms with van der Waals surface area (Å²) in [4.78, 5) is 2.23. The molecule has 0 amide bonds. The van der Waals surface area contributed by atoms with Crippen molar-refractivity contribution < 1.29 is 5.11 Å². The van der Waals surface area contributed by atoms with Crippen LogP contribution in [0.5, 0.6) is 0 Å². The van der Waals surface area contributed by atoms with Crippen molar-refractivity contribution in [3.05, 3.63) is 35.9 Å². The minimum Gasteiger partial charge on any atom is -0.394 e. The lowest BCUT2D eigenvalue weighted by Gasteiger charge is -2.31. The molecule has 0 aromatic heterocycles. The first-order chi connectivity index (χ1) is 7.20. The van der Waals surface area contributed by atoms with Gasteiger partial charge in [-0.3, -0.25) is 4.90 Å². The molecule has 1 aromatic carbocycles. The zero-order valence-electron chi connectivity index (χ0n) is 9.85. The van der Waals surface area contributed by atoms with Crippen LogP contribution in [0.25, 0.3) is 0 Å². The van der Waals surface area contributed by atoms with Gasteiger partial charge in [-0.15, -0.1) is 0 Å². The number of likely N-dealkylation sites (N-methyl/N-ethyl adjacent to an activating group) is 1. The minimum absolute atomic E-state index is 0.112. The van der Waals surface area contributed by atoms with Crippen molar-refractivity contribution in [3.8, 4) is 0 Å². The molecule has 0 aliphatic rings. The highest BCUT2D eigenvalue weighted by Gasteiger charge is 2.19. The molecule has 0 bridgehead atoms. The summed E-state index contributed by atoms with van der Waals surface area (Å²) in [5.74, 6) is 0. The van der Waals surface area contributed by atoms with Gasteiger partial charge in [0.2, 0.25) is 0 Å². The van der Waals surface area contributed by atoms with E-state index in [-0.39, 0.29) is 12.6 Å². The first kappa shape index (κ1) is 12.2. The fourth-order valence-electron chi connectivity index (χ4n) is 1.74. The molecule has 2 nitrogen and oxygen atoms in total. The number of benzene rings is 1. The smallest absolute Gasteiger partial charge is 0.0628 e. The highest BCUT2D eigenvalue weighted by Crippen LogP contribution is 2.21. The normalized spacial score (nSPS) is 15.3. The topological polar surface area (TPSA) is 23.5 Å². The SMILES string of the molecule is CC[C@H](C)N(C)[C@@H](CO)c1ccccc1. The Hall–Kier alpha value is -0.860. The fraction of sp³-hybridized carbons (Fsp3) is 0.538. The summed E-state index contributed by atoms with van der Waals surface area (Å²) in [5.41, 5.74) is 1.18. The molecule has 0 spiro atoms. The Labute approximate surface area is 92.5 Å². The summed E-state index contributed by atoms with van der Waals surface area (Å²) in [7, 11) is 2.07. The van der Waals surface area contributed by atoms with Crippen molar-refractivity contribution in [2.24, 2.45) is 0 Å². The van der Waals surface area contributed by atoms with Crippen LogP contribution in [0.15, 0.2) is 30.3 Å². The predicted molar refractivity (Wildman–Crippen MR) is 63.8 cm³/mol. The Morgan fingerprint density at radius 2 is 1.87 bits per heavy atom. The van der Waals surface area contributed by atoms with E-state index in [1.165, 1.54) is 5.56 Å². The Kier molecular flexibility index (Phi) is 4.79. The second-order valence-electron chi connectivity index (χ2n) is 4.03. The summed E-state index contributed by atoms with van der Waals surface area (Å²) in [6.45, 7) is 4.52. The van der Waals surface area contributed by atoms with Crippen LogP contribution in [0.3, 0.4) is 0 Å². The van der Waals surface area contributed by atoms with Crippen LogP contribution in [-0.4, -0.2) is 29.7 Å². The van der Waals surface area contributed by atoms with Crippen LogP contribution >= 0.6 is 0 Å². The third kappa shape index (κ3) is 3.05. The van der Waals surface area contributed by atoms with Crippen molar-refractivity contribution in [3.63, 3.8) is 0 Å². The zero-order chi connectivity index (χ0) is 11.3. The zero-order valence-corrected chi connectivity index (χ0v) is 9.85. The lowest BCUT2D eigenvalue weighted by Crippen LogP contribution is -2.34. The summed E-state index contributed by atoms with van der Waals surface area (Å²) >= 11 is 0. The molecule has 1 aromatic rings. The van der Waals surface area contributed by atoms with Gasteiger partial charge in [-0.2, -0.15) is 0 Å². The van der Waals surface area contributed by atoms with Crippen molar-refractivity contribution >= 4 is 0 Å². The maximum absolute atomic E-state index is 9.45. The van der Waals surface area contributed by atoms with Crippen LogP contribution < -0.4 is 0 Å². The Morgan fingerprint density at radius 1 is 1.27 bits per heavy atom. The number of aliphatic hydroxyl groups excluding tert-OH is 1. The van der Waals surface area contributed by atoms with E-state index < -0.39 is 0 Å². The van der Waals surface area contributed by atoms with Crippen LogP contribution in [-0.2, 0) is 0 Å². The van der Waals surface area contributed by atoms with Crippen LogP contribution in [0, 0.1) is 0 Å². The van der Waals surface area contributed by atoms with Crippen LogP contribution in [0.1, 0.15) is 31.9 Å². The molecule has 0 aliphatic carbocycles. The Balaban J connectivity index is 2.80. The van der Waals surface area contributed by atoms with Crippen LogP contribution in [0.4, 0.5) is 0 Å². The van der Waals surface area contributed by atoms with Crippen molar-refractivity contribution in [1.29, 1.82) is 0 Å². The minimum atomic E-state index is 0.112. The van der Waals surface area contributed by atoms with E-state index in [1.807, 2.05) is 18.2 Å². The van der Waals surface area contributed by atoms with E-state index in [2.05, 4.69) is 37.9 Å². The molecular weight excluding hydrogens is 186 g/mol. The number of hydrogen-bond acceptors (Lipinski definition) is 2. The first-order valence-corrected chi connectivity index (χ1v) is 5.58. The molecular formula is C13H21NO. The van der Waals surface area contributed by atoms with Gasteiger partial charge in [0.15, 0.2) is 0 Å². The van der Waals surface area contributed by atoms with Gasteiger partial charge < -0.3 is 5.11 Å². The second kappa shape index (κ2) is 5.89. The van der Waals surface area contributed by atoms with Gasteiger partial charge in [-0.05, 0) is 26.0 Å². The third-order valence-electron chi connectivity index (χ3n) is 3.13. The summed E-state index contributed by atoms with van der Waals surface area (Å²) in [5, 5.41) is 9.45. The highest BCUT2D eigenvalue weighted by molar-refractivity contribution is 5.19. The quantitative estimate of drug-likeness (QED) is 0.801. The molecule has 0 saturated heterocycles. The van der Waals surface area contributed by atoms with Crippen LogP contribution in [0.2, 0.25) is 0 Å². The molecule has 0 aliphatic heterocycles. The van der Waals surface area contributed by atoms with Gasteiger partial charge in [0.25, 0.3) is 0 Å².